The van der Waals surface area contributed by atoms with Crippen LogP contribution in [-0.4, -0.2) is 65.9 Å². The van der Waals surface area contributed by atoms with E-state index in [1.54, 1.807) is 0 Å². The Bertz CT molecular complexity index is 883. The molecule has 160 valence electrons. The fraction of sp³-hybridized carbons (Fsp3) is 0.542. The summed E-state index contributed by atoms with van der Waals surface area (Å²) in [6.45, 7) is 5.33. The fourth-order valence-electron chi connectivity index (χ4n) is 4.68. The summed E-state index contributed by atoms with van der Waals surface area (Å²) >= 11 is 0. The number of nitrogens with zero attached hydrogens (tertiary/aromatic N) is 5. The van der Waals surface area contributed by atoms with Gasteiger partial charge in [0.2, 0.25) is 5.91 Å². The quantitative estimate of drug-likeness (QED) is 0.737. The lowest BCUT2D eigenvalue weighted by molar-refractivity contribution is -0.132. The minimum Gasteiger partial charge on any atom is -0.356 e. The number of aromatic nitrogens is 2. The van der Waals surface area contributed by atoms with Crippen LogP contribution in [-0.2, 0) is 17.6 Å². The van der Waals surface area contributed by atoms with Gasteiger partial charge in [-0.3, -0.25) is 4.79 Å². The molecule has 4 rings (SSSR count). The zero-order chi connectivity index (χ0) is 21.1. The molecule has 1 amide bonds. The van der Waals surface area contributed by atoms with E-state index in [-0.39, 0.29) is 11.9 Å². The number of fused-ring (bicyclic) bond motifs is 1. The van der Waals surface area contributed by atoms with Crippen LogP contribution in [0.3, 0.4) is 0 Å². The molecule has 0 aliphatic carbocycles. The first kappa shape index (κ1) is 20.8. The van der Waals surface area contributed by atoms with E-state index in [4.69, 9.17) is 9.97 Å². The summed E-state index contributed by atoms with van der Waals surface area (Å²) in [5.41, 5.74) is 3.71. The van der Waals surface area contributed by atoms with Crippen molar-refractivity contribution in [3.8, 4) is 0 Å². The predicted molar refractivity (Wildman–Crippen MR) is 120 cm³/mol. The standard InChI is InChI=1S/C24H33N5O/c1-18-20-11-7-14-28(16-13-19-9-5-4-6-10-19)24(20)26-23(25-18)21-12-8-15-29(21)22(30)17-27(2)3/h4-6,9-10,21H,7-8,11-17H2,1-3H3/t21-/m0/s1. The van der Waals surface area contributed by atoms with Gasteiger partial charge in [-0.1, -0.05) is 30.3 Å². The molecule has 1 aromatic heterocycles. The number of hydrogen-bond acceptors (Lipinski definition) is 5. The molecular formula is C24H33N5O. The Hall–Kier alpha value is -2.47. The SMILES string of the molecule is Cc1nc([C@@H]2CCCN2C(=O)CN(C)C)nc2c1CCCN2CCc1ccccc1. The molecule has 30 heavy (non-hydrogen) atoms. The van der Waals surface area contributed by atoms with Crippen LogP contribution in [0.4, 0.5) is 5.82 Å². The highest BCUT2D eigenvalue weighted by Crippen LogP contribution is 2.34. The van der Waals surface area contributed by atoms with Gasteiger partial charge in [0.25, 0.3) is 0 Å². The minimum absolute atomic E-state index is 0.000602. The zero-order valence-corrected chi connectivity index (χ0v) is 18.5. The summed E-state index contributed by atoms with van der Waals surface area (Å²) in [5.74, 6) is 2.08. The monoisotopic (exact) mass is 407 g/mol. The van der Waals surface area contributed by atoms with Crippen LogP contribution in [0.15, 0.2) is 30.3 Å². The van der Waals surface area contributed by atoms with Crippen molar-refractivity contribution in [1.29, 1.82) is 0 Å². The van der Waals surface area contributed by atoms with E-state index in [1.165, 1.54) is 11.1 Å². The first-order chi connectivity index (χ1) is 14.5. The number of aryl methyl sites for hydroxylation is 1. The van der Waals surface area contributed by atoms with E-state index in [2.05, 4.69) is 42.2 Å². The Balaban J connectivity index is 1.57. The maximum atomic E-state index is 12.8. The Kier molecular flexibility index (Phi) is 6.32. The van der Waals surface area contributed by atoms with Crippen molar-refractivity contribution < 1.29 is 4.79 Å². The molecule has 0 bridgehead atoms. The van der Waals surface area contributed by atoms with Crippen LogP contribution in [0.1, 0.15) is 47.9 Å². The van der Waals surface area contributed by atoms with E-state index in [9.17, 15) is 4.79 Å². The van der Waals surface area contributed by atoms with Gasteiger partial charge in [-0.2, -0.15) is 0 Å². The molecule has 1 atom stereocenters. The third kappa shape index (κ3) is 4.48. The van der Waals surface area contributed by atoms with Gasteiger partial charge in [-0.15, -0.1) is 0 Å². The molecule has 6 heteroatoms. The molecule has 0 radical (unpaired) electrons. The number of benzene rings is 1. The molecule has 2 aliphatic heterocycles. The maximum absolute atomic E-state index is 12.8. The van der Waals surface area contributed by atoms with Gasteiger partial charge in [-0.05, 0) is 58.7 Å². The number of amides is 1. The maximum Gasteiger partial charge on any atom is 0.237 e. The van der Waals surface area contributed by atoms with E-state index in [0.29, 0.717) is 6.54 Å². The minimum atomic E-state index is -0.000602. The van der Waals surface area contributed by atoms with Crippen LogP contribution in [0.2, 0.25) is 0 Å². The van der Waals surface area contributed by atoms with Gasteiger partial charge in [0.05, 0.1) is 12.6 Å². The number of carbonyl (C=O) groups is 1. The Morgan fingerprint density at radius 2 is 1.93 bits per heavy atom. The van der Waals surface area contributed by atoms with Crippen LogP contribution >= 0.6 is 0 Å². The average molecular weight is 408 g/mol. The van der Waals surface area contributed by atoms with Crippen molar-refractivity contribution in [1.82, 2.24) is 19.8 Å². The molecular weight excluding hydrogens is 374 g/mol. The summed E-state index contributed by atoms with van der Waals surface area (Å²) in [6.07, 6.45) is 5.15. The van der Waals surface area contributed by atoms with Crippen LogP contribution < -0.4 is 4.90 Å². The van der Waals surface area contributed by atoms with E-state index in [0.717, 1.165) is 69.1 Å². The number of likely N-dealkylation sites (N-methyl/N-ethyl adjacent to an activating group) is 1. The molecule has 3 heterocycles. The number of rotatable bonds is 6. The smallest absolute Gasteiger partial charge is 0.237 e. The summed E-state index contributed by atoms with van der Waals surface area (Å²) in [6, 6.07) is 10.6. The van der Waals surface area contributed by atoms with E-state index >= 15 is 0 Å². The van der Waals surface area contributed by atoms with Gasteiger partial charge in [0.15, 0.2) is 5.82 Å². The normalized spacial score (nSPS) is 18.7. The Morgan fingerprint density at radius 1 is 1.13 bits per heavy atom. The number of hydrogen-bond donors (Lipinski definition) is 0. The highest BCUT2D eigenvalue weighted by Gasteiger charge is 2.33. The lowest BCUT2D eigenvalue weighted by Crippen LogP contribution is -2.38. The van der Waals surface area contributed by atoms with Crippen molar-refractivity contribution in [2.45, 2.75) is 45.1 Å². The van der Waals surface area contributed by atoms with Crippen LogP contribution in [0.5, 0.6) is 0 Å². The van der Waals surface area contributed by atoms with Gasteiger partial charge >= 0.3 is 0 Å². The van der Waals surface area contributed by atoms with Gasteiger partial charge in [0, 0.05) is 30.9 Å². The topological polar surface area (TPSA) is 52.6 Å². The first-order valence-electron chi connectivity index (χ1n) is 11.1. The lowest BCUT2D eigenvalue weighted by atomic mass is 10.0. The van der Waals surface area contributed by atoms with Crippen molar-refractivity contribution in [3.05, 3.63) is 53.0 Å². The Labute approximate surface area is 179 Å². The molecule has 1 aromatic carbocycles. The number of carbonyl (C=O) groups excluding carboxylic acids is 1. The molecule has 1 fully saturated rings. The molecule has 6 nitrogen and oxygen atoms in total. The molecule has 0 spiro atoms. The third-order valence-electron chi connectivity index (χ3n) is 6.20. The number of anilines is 1. The molecule has 0 N–H and O–H groups in total. The first-order valence-corrected chi connectivity index (χ1v) is 11.1. The average Bonchev–Trinajstić information content (AvgIpc) is 3.23. The molecule has 1 saturated heterocycles. The van der Waals surface area contributed by atoms with Crippen LogP contribution in [0.25, 0.3) is 0 Å². The van der Waals surface area contributed by atoms with Crippen molar-refractivity contribution in [2.24, 2.45) is 0 Å². The van der Waals surface area contributed by atoms with Gasteiger partial charge in [-0.25, -0.2) is 9.97 Å². The zero-order valence-electron chi connectivity index (χ0n) is 18.5. The van der Waals surface area contributed by atoms with E-state index < -0.39 is 0 Å². The third-order valence-corrected chi connectivity index (χ3v) is 6.20. The summed E-state index contributed by atoms with van der Waals surface area (Å²) in [7, 11) is 3.88. The molecule has 2 aromatic rings. The van der Waals surface area contributed by atoms with Crippen LogP contribution in [0, 0.1) is 6.92 Å². The Morgan fingerprint density at radius 3 is 2.70 bits per heavy atom. The molecule has 0 unspecified atom stereocenters. The second kappa shape index (κ2) is 9.13. The highest BCUT2D eigenvalue weighted by molar-refractivity contribution is 5.79. The van der Waals surface area contributed by atoms with Gasteiger partial charge in [0.1, 0.15) is 5.82 Å². The summed E-state index contributed by atoms with van der Waals surface area (Å²) in [4.78, 5) is 29.1. The van der Waals surface area contributed by atoms with Gasteiger partial charge < -0.3 is 14.7 Å². The second-order valence-corrected chi connectivity index (χ2v) is 8.78. The predicted octanol–water partition coefficient (Wildman–Crippen LogP) is 3.01. The lowest BCUT2D eigenvalue weighted by Gasteiger charge is -2.32. The van der Waals surface area contributed by atoms with Crippen molar-refractivity contribution in [2.75, 3.05) is 45.2 Å². The largest absolute Gasteiger partial charge is 0.356 e. The highest BCUT2D eigenvalue weighted by atomic mass is 16.2. The van der Waals surface area contributed by atoms with E-state index in [1.807, 2.05) is 23.9 Å². The molecule has 0 saturated carbocycles. The summed E-state index contributed by atoms with van der Waals surface area (Å²) < 4.78 is 0. The summed E-state index contributed by atoms with van der Waals surface area (Å²) in [5, 5.41) is 0. The second-order valence-electron chi connectivity index (χ2n) is 8.78. The fourth-order valence-corrected chi connectivity index (χ4v) is 4.68. The van der Waals surface area contributed by atoms with Crippen molar-refractivity contribution in [3.63, 3.8) is 0 Å². The number of likely N-dealkylation sites (tertiary alicyclic amines) is 1. The van der Waals surface area contributed by atoms with Crippen molar-refractivity contribution >= 4 is 11.7 Å². The molecule has 2 aliphatic rings.